The lowest BCUT2D eigenvalue weighted by Gasteiger charge is -2.26. The van der Waals surface area contributed by atoms with Crippen LogP contribution in [-0.4, -0.2) is 24.5 Å². The van der Waals surface area contributed by atoms with E-state index in [2.05, 4.69) is 4.90 Å². The van der Waals surface area contributed by atoms with E-state index >= 15 is 0 Å². The second-order valence-corrected chi connectivity index (χ2v) is 4.51. The maximum Gasteiger partial charge on any atom is 0.146 e. The molecule has 0 spiro atoms. The summed E-state index contributed by atoms with van der Waals surface area (Å²) in [4.78, 5) is 2.48. The monoisotopic (exact) mass is 222 g/mol. The van der Waals surface area contributed by atoms with Gasteiger partial charge in [-0.15, -0.1) is 0 Å². The van der Waals surface area contributed by atoms with Crippen molar-refractivity contribution in [1.29, 1.82) is 0 Å². The molecule has 1 aromatic carbocycles. The molecule has 0 bridgehead atoms. The molecule has 1 aliphatic rings. The molecule has 0 amide bonds. The van der Waals surface area contributed by atoms with Gasteiger partial charge in [0.2, 0.25) is 0 Å². The summed E-state index contributed by atoms with van der Waals surface area (Å²) < 4.78 is 13.0. The zero-order chi connectivity index (χ0) is 11.4. The van der Waals surface area contributed by atoms with Gasteiger partial charge in [-0.25, -0.2) is 4.39 Å². The number of hydrogen-bond donors (Lipinski definition) is 1. The van der Waals surface area contributed by atoms with Crippen molar-refractivity contribution in [3.05, 3.63) is 29.6 Å². The van der Waals surface area contributed by atoms with E-state index in [1.54, 1.807) is 6.07 Å². The van der Waals surface area contributed by atoms with Crippen LogP contribution in [0.25, 0.3) is 0 Å². The smallest absolute Gasteiger partial charge is 0.146 e. The Balaban J connectivity index is 1.86. The molecule has 2 rings (SSSR count). The zero-order valence-corrected chi connectivity index (χ0v) is 9.58. The number of nitrogens with two attached hydrogens (primary N) is 1. The Bertz CT molecular complexity index is 346. The predicted octanol–water partition coefficient (Wildman–Crippen LogP) is 2.44. The molecule has 3 heteroatoms. The summed E-state index contributed by atoms with van der Waals surface area (Å²) in [5.41, 5.74) is 6.93. The SMILES string of the molecule is Nc1cc(CCN2CCCCC2)ccc1F. The molecule has 0 radical (unpaired) electrons. The standard InChI is InChI=1S/C13H19FN2/c14-12-5-4-11(10-13(12)15)6-9-16-7-2-1-3-8-16/h4-5,10H,1-3,6-9,15H2. The van der Waals surface area contributed by atoms with E-state index in [-0.39, 0.29) is 11.5 Å². The molecule has 88 valence electrons. The molecule has 0 aromatic heterocycles. The van der Waals surface area contributed by atoms with Crippen molar-refractivity contribution in [2.45, 2.75) is 25.7 Å². The van der Waals surface area contributed by atoms with Crippen LogP contribution in [0.1, 0.15) is 24.8 Å². The van der Waals surface area contributed by atoms with Crippen molar-refractivity contribution in [2.24, 2.45) is 0 Å². The number of halogens is 1. The molecule has 1 saturated heterocycles. The van der Waals surface area contributed by atoms with E-state index in [9.17, 15) is 4.39 Å². The topological polar surface area (TPSA) is 29.3 Å². The van der Waals surface area contributed by atoms with Gasteiger partial charge < -0.3 is 10.6 Å². The second-order valence-electron chi connectivity index (χ2n) is 4.51. The Morgan fingerprint density at radius 1 is 1.19 bits per heavy atom. The Morgan fingerprint density at radius 2 is 1.94 bits per heavy atom. The average molecular weight is 222 g/mol. The first kappa shape index (κ1) is 11.4. The van der Waals surface area contributed by atoms with E-state index in [1.807, 2.05) is 6.07 Å². The lowest BCUT2D eigenvalue weighted by Crippen LogP contribution is -2.31. The fourth-order valence-electron chi connectivity index (χ4n) is 2.22. The van der Waals surface area contributed by atoms with Crippen LogP contribution >= 0.6 is 0 Å². The summed E-state index contributed by atoms with van der Waals surface area (Å²) in [6.45, 7) is 3.47. The average Bonchev–Trinajstić information content (AvgIpc) is 2.32. The number of rotatable bonds is 3. The summed E-state index contributed by atoms with van der Waals surface area (Å²) in [6.07, 6.45) is 4.95. The molecular formula is C13H19FN2. The second kappa shape index (κ2) is 5.30. The van der Waals surface area contributed by atoms with Crippen molar-refractivity contribution < 1.29 is 4.39 Å². The zero-order valence-electron chi connectivity index (χ0n) is 9.58. The Hall–Kier alpha value is -1.09. The van der Waals surface area contributed by atoms with Crippen molar-refractivity contribution in [3.63, 3.8) is 0 Å². The summed E-state index contributed by atoms with van der Waals surface area (Å²) in [5.74, 6) is -0.318. The molecule has 0 saturated carbocycles. The fraction of sp³-hybridized carbons (Fsp3) is 0.538. The van der Waals surface area contributed by atoms with Gasteiger partial charge in [-0.1, -0.05) is 12.5 Å². The summed E-state index contributed by atoms with van der Waals surface area (Å²) in [6, 6.07) is 5.04. The minimum atomic E-state index is -0.318. The lowest BCUT2D eigenvalue weighted by atomic mass is 10.1. The van der Waals surface area contributed by atoms with Crippen LogP contribution in [0.15, 0.2) is 18.2 Å². The highest BCUT2D eigenvalue weighted by molar-refractivity contribution is 5.42. The summed E-state index contributed by atoms with van der Waals surface area (Å²) >= 11 is 0. The number of anilines is 1. The minimum Gasteiger partial charge on any atom is -0.396 e. The van der Waals surface area contributed by atoms with E-state index in [0.29, 0.717) is 0 Å². The van der Waals surface area contributed by atoms with Crippen LogP contribution < -0.4 is 5.73 Å². The van der Waals surface area contributed by atoms with Gasteiger partial charge >= 0.3 is 0 Å². The van der Waals surface area contributed by atoms with Gasteiger partial charge in [-0.3, -0.25) is 0 Å². The third kappa shape index (κ3) is 2.95. The van der Waals surface area contributed by atoms with Gasteiger partial charge in [0.15, 0.2) is 0 Å². The predicted molar refractivity (Wildman–Crippen MR) is 64.8 cm³/mol. The third-order valence-electron chi connectivity index (χ3n) is 3.23. The number of nitrogens with zero attached hydrogens (tertiary/aromatic N) is 1. The number of benzene rings is 1. The molecule has 1 heterocycles. The van der Waals surface area contributed by atoms with Crippen molar-refractivity contribution in [1.82, 2.24) is 4.90 Å². The fourth-order valence-corrected chi connectivity index (χ4v) is 2.22. The summed E-state index contributed by atoms with van der Waals surface area (Å²) in [5, 5.41) is 0. The molecule has 1 aromatic rings. The molecule has 1 aliphatic heterocycles. The van der Waals surface area contributed by atoms with Crippen LogP contribution in [0.4, 0.5) is 10.1 Å². The number of hydrogen-bond acceptors (Lipinski definition) is 2. The van der Waals surface area contributed by atoms with Gasteiger partial charge in [0.25, 0.3) is 0 Å². The number of piperidine rings is 1. The Kier molecular flexibility index (Phi) is 3.78. The number of nitrogen functional groups attached to an aromatic ring is 1. The third-order valence-corrected chi connectivity index (χ3v) is 3.23. The molecule has 0 atom stereocenters. The van der Waals surface area contributed by atoms with E-state index in [4.69, 9.17) is 5.73 Å². The van der Waals surface area contributed by atoms with Crippen LogP contribution in [0.3, 0.4) is 0 Å². The molecular weight excluding hydrogens is 203 g/mol. The van der Waals surface area contributed by atoms with Crippen molar-refractivity contribution in [2.75, 3.05) is 25.4 Å². The highest BCUT2D eigenvalue weighted by Crippen LogP contribution is 2.14. The molecule has 16 heavy (non-hydrogen) atoms. The molecule has 2 N–H and O–H groups in total. The van der Waals surface area contributed by atoms with E-state index < -0.39 is 0 Å². The first-order chi connectivity index (χ1) is 7.75. The van der Waals surface area contributed by atoms with Gasteiger partial charge in [0, 0.05) is 6.54 Å². The Labute approximate surface area is 96.2 Å². The minimum absolute atomic E-state index is 0.260. The van der Waals surface area contributed by atoms with Gasteiger partial charge in [-0.2, -0.15) is 0 Å². The largest absolute Gasteiger partial charge is 0.396 e. The van der Waals surface area contributed by atoms with Gasteiger partial charge in [0.1, 0.15) is 5.82 Å². The van der Waals surface area contributed by atoms with Crippen LogP contribution in [-0.2, 0) is 6.42 Å². The number of likely N-dealkylation sites (tertiary alicyclic amines) is 1. The summed E-state index contributed by atoms with van der Waals surface area (Å²) in [7, 11) is 0. The highest BCUT2D eigenvalue weighted by atomic mass is 19.1. The quantitative estimate of drug-likeness (QED) is 0.796. The Morgan fingerprint density at radius 3 is 2.62 bits per heavy atom. The highest BCUT2D eigenvalue weighted by Gasteiger charge is 2.09. The van der Waals surface area contributed by atoms with Crippen molar-refractivity contribution >= 4 is 5.69 Å². The molecule has 0 aliphatic carbocycles. The van der Waals surface area contributed by atoms with E-state index in [0.717, 1.165) is 18.5 Å². The lowest BCUT2D eigenvalue weighted by molar-refractivity contribution is 0.231. The van der Waals surface area contributed by atoms with Gasteiger partial charge in [-0.05, 0) is 50.0 Å². The van der Waals surface area contributed by atoms with Crippen LogP contribution in [0.5, 0.6) is 0 Å². The maximum atomic E-state index is 13.0. The normalized spacial score (nSPS) is 17.6. The molecule has 0 unspecified atom stereocenters. The first-order valence-electron chi connectivity index (χ1n) is 6.02. The van der Waals surface area contributed by atoms with Crippen LogP contribution in [0.2, 0.25) is 0 Å². The van der Waals surface area contributed by atoms with Gasteiger partial charge in [0.05, 0.1) is 5.69 Å². The van der Waals surface area contributed by atoms with Crippen molar-refractivity contribution in [3.8, 4) is 0 Å². The maximum absolute atomic E-state index is 13.0. The van der Waals surface area contributed by atoms with Crippen LogP contribution in [0, 0.1) is 5.82 Å². The molecule has 1 fully saturated rings. The molecule has 2 nitrogen and oxygen atoms in total. The van der Waals surface area contributed by atoms with E-state index in [1.165, 1.54) is 38.4 Å². The first-order valence-corrected chi connectivity index (χ1v) is 6.02.